The Morgan fingerprint density at radius 3 is 2.33 bits per heavy atom. The number of carbonyl (C=O) groups is 1. The maximum Gasteiger partial charge on any atom is 0.430 e. The second-order valence-electron chi connectivity index (χ2n) is 9.10. The van der Waals surface area contributed by atoms with E-state index < -0.39 is 27.3 Å². The predicted octanol–water partition coefficient (Wildman–Crippen LogP) is 2.19. The summed E-state index contributed by atoms with van der Waals surface area (Å²) in [5.74, 6) is -0.258. The van der Waals surface area contributed by atoms with Crippen LogP contribution in [-0.4, -0.2) is 69.6 Å². The van der Waals surface area contributed by atoms with Gasteiger partial charge in [-0.15, -0.1) is 0 Å². The normalized spacial score (nSPS) is 22.8. The number of likely N-dealkylation sites (tertiary alicyclic amines) is 1. The van der Waals surface area contributed by atoms with Crippen LogP contribution in [0.1, 0.15) is 33.6 Å². The van der Waals surface area contributed by atoms with Gasteiger partial charge in [0.15, 0.2) is 0 Å². The lowest BCUT2D eigenvalue weighted by atomic mass is 9.74. The number of dihydropyridines is 1. The highest BCUT2D eigenvalue weighted by molar-refractivity contribution is 7.93. The van der Waals surface area contributed by atoms with E-state index in [9.17, 15) is 26.4 Å². The third-order valence-electron chi connectivity index (χ3n) is 6.12. The number of ether oxygens (including phenoxy) is 1. The molecule has 3 rings (SSSR count). The van der Waals surface area contributed by atoms with Crippen molar-refractivity contribution in [2.24, 2.45) is 10.8 Å². The van der Waals surface area contributed by atoms with E-state index in [0.29, 0.717) is 19.5 Å². The Labute approximate surface area is 175 Å². The van der Waals surface area contributed by atoms with Crippen molar-refractivity contribution in [1.82, 2.24) is 14.5 Å². The van der Waals surface area contributed by atoms with Crippen molar-refractivity contribution in [2.75, 3.05) is 39.8 Å². The number of allylic oxidation sites excluding steroid dienone is 4. The van der Waals surface area contributed by atoms with E-state index in [0.717, 1.165) is 25.7 Å². The van der Waals surface area contributed by atoms with Crippen LogP contribution in [0.3, 0.4) is 0 Å². The summed E-state index contributed by atoms with van der Waals surface area (Å²) in [4.78, 5) is 13.9. The van der Waals surface area contributed by atoms with Gasteiger partial charge in [-0.1, -0.05) is 6.08 Å². The molecule has 11 heteroatoms. The van der Waals surface area contributed by atoms with Crippen molar-refractivity contribution in [1.29, 1.82) is 0 Å². The summed E-state index contributed by atoms with van der Waals surface area (Å²) < 4.78 is 70.3. The molecule has 0 atom stereocenters. The van der Waals surface area contributed by atoms with Gasteiger partial charge in [-0.25, -0.2) is 8.42 Å². The Morgan fingerprint density at radius 1 is 1.23 bits per heavy atom. The molecule has 7 nitrogen and oxygen atoms in total. The lowest BCUT2D eigenvalue weighted by molar-refractivity contribution is -0.152. The molecule has 170 valence electrons. The van der Waals surface area contributed by atoms with Gasteiger partial charge in [-0.3, -0.25) is 4.79 Å². The topological polar surface area (TPSA) is 79.0 Å². The van der Waals surface area contributed by atoms with Crippen molar-refractivity contribution >= 4 is 16.0 Å². The van der Waals surface area contributed by atoms with E-state index in [1.165, 1.54) is 18.3 Å². The molecule has 3 aliphatic heterocycles. The molecule has 0 saturated carbocycles. The number of halogens is 3. The first-order valence-corrected chi connectivity index (χ1v) is 11.2. The number of nitrogens with zero attached hydrogens (tertiary/aromatic N) is 2. The first-order valence-electron chi connectivity index (χ1n) is 9.75. The third-order valence-corrected chi connectivity index (χ3v) is 8.15. The molecular weight excluding hydrogens is 423 g/mol. The molecule has 3 heterocycles. The zero-order chi connectivity index (χ0) is 22.5. The van der Waals surface area contributed by atoms with Crippen molar-refractivity contribution in [3.05, 3.63) is 22.4 Å². The van der Waals surface area contributed by atoms with Crippen LogP contribution < -0.4 is 5.32 Å². The Hall–Kier alpha value is -1.59. The predicted molar refractivity (Wildman–Crippen MR) is 104 cm³/mol. The van der Waals surface area contributed by atoms with Gasteiger partial charge in [0.05, 0.1) is 17.4 Å². The molecule has 0 amide bonds. The Morgan fingerprint density at radius 2 is 1.83 bits per heavy atom. The molecule has 0 unspecified atom stereocenters. The minimum absolute atomic E-state index is 0.0126. The number of carbonyl (C=O) groups excluding carboxylic acids is 1. The second kappa shape index (κ2) is 7.52. The standard InChI is InChI=1S/C19H28F3N3O4S/c1-13-14(5-6-15(23-13)19(20,21)22)30(27,28)25-11-18(12-25)9-24(10-18)8-7-17(2,3)16(26)29-4/h6,23H,5,7-12H2,1-4H3. The first-order chi connectivity index (χ1) is 13.7. The van der Waals surface area contributed by atoms with E-state index in [1.54, 1.807) is 0 Å². The van der Waals surface area contributed by atoms with Crippen LogP contribution in [0, 0.1) is 10.8 Å². The SMILES string of the molecule is COC(=O)C(C)(C)CCN1CC2(C1)CN(S(=O)(=O)C1=C(C)NC(C(F)(F)F)=CC1)C2. The summed E-state index contributed by atoms with van der Waals surface area (Å²) in [6.07, 6.45) is -3.28. The molecule has 2 fully saturated rings. The average Bonchev–Trinajstić information content (AvgIpc) is 2.56. The average molecular weight is 452 g/mol. The van der Waals surface area contributed by atoms with Gasteiger partial charge in [0.25, 0.3) is 0 Å². The number of alkyl halides is 3. The molecule has 0 aromatic heterocycles. The number of esters is 1. The van der Waals surface area contributed by atoms with E-state index in [-0.39, 0.29) is 28.4 Å². The molecule has 30 heavy (non-hydrogen) atoms. The minimum atomic E-state index is -4.53. The minimum Gasteiger partial charge on any atom is -0.469 e. The summed E-state index contributed by atoms with van der Waals surface area (Å²) in [5.41, 5.74) is -1.59. The van der Waals surface area contributed by atoms with Gasteiger partial charge in [0.1, 0.15) is 5.70 Å². The van der Waals surface area contributed by atoms with Crippen LogP contribution in [0.25, 0.3) is 0 Å². The van der Waals surface area contributed by atoms with E-state index in [2.05, 4.69) is 10.2 Å². The smallest absolute Gasteiger partial charge is 0.430 e. The highest BCUT2D eigenvalue weighted by Crippen LogP contribution is 2.43. The van der Waals surface area contributed by atoms with E-state index in [1.807, 2.05) is 13.8 Å². The number of hydrogen-bond acceptors (Lipinski definition) is 6. The molecule has 0 bridgehead atoms. The van der Waals surface area contributed by atoms with E-state index >= 15 is 0 Å². The fourth-order valence-corrected chi connectivity index (χ4v) is 6.19. The maximum absolute atomic E-state index is 12.9. The Balaban J connectivity index is 1.52. The van der Waals surface area contributed by atoms with Crippen LogP contribution >= 0.6 is 0 Å². The summed E-state index contributed by atoms with van der Waals surface area (Å²) in [5, 5.41) is 2.18. The van der Waals surface area contributed by atoms with Gasteiger partial charge >= 0.3 is 12.1 Å². The lowest BCUT2D eigenvalue weighted by Gasteiger charge is -2.60. The van der Waals surface area contributed by atoms with Crippen LogP contribution in [0.5, 0.6) is 0 Å². The maximum atomic E-state index is 12.9. The van der Waals surface area contributed by atoms with Crippen LogP contribution in [-0.2, 0) is 19.6 Å². The Bertz CT molecular complexity index is 879. The van der Waals surface area contributed by atoms with Crippen LogP contribution in [0.15, 0.2) is 22.4 Å². The third kappa shape index (κ3) is 4.24. The number of sulfonamides is 1. The monoisotopic (exact) mass is 451 g/mol. The highest BCUT2D eigenvalue weighted by atomic mass is 32.2. The fourth-order valence-electron chi connectivity index (χ4n) is 4.26. The van der Waals surface area contributed by atoms with E-state index in [4.69, 9.17) is 4.74 Å². The number of methoxy groups -OCH3 is 1. The fraction of sp³-hybridized carbons (Fsp3) is 0.737. The molecule has 0 aromatic rings. The van der Waals surface area contributed by atoms with Crippen LogP contribution in [0.4, 0.5) is 13.2 Å². The molecule has 0 aromatic carbocycles. The van der Waals surface area contributed by atoms with Gasteiger partial charge in [0, 0.05) is 43.7 Å². The van der Waals surface area contributed by atoms with Gasteiger partial charge in [-0.05, 0) is 33.7 Å². The largest absolute Gasteiger partial charge is 0.469 e. The van der Waals surface area contributed by atoms with Crippen molar-refractivity contribution < 1.29 is 31.1 Å². The lowest BCUT2D eigenvalue weighted by Crippen LogP contribution is -2.72. The Kier molecular flexibility index (Phi) is 5.79. The van der Waals surface area contributed by atoms with Gasteiger partial charge in [-0.2, -0.15) is 17.5 Å². The summed E-state index contributed by atoms with van der Waals surface area (Å²) in [6.45, 7) is 7.94. The second-order valence-corrected chi connectivity index (χ2v) is 11.1. The molecule has 0 aliphatic carbocycles. The quantitative estimate of drug-likeness (QED) is 0.624. The molecule has 2 saturated heterocycles. The number of hydrogen-bond donors (Lipinski definition) is 1. The number of rotatable bonds is 6. The van der Waals surface area contributed by atoms with Gasteiger partial charge < -0.3 is 15.0 Å². The molecule has 1 spiro atoms. The highest BCUT2D eigenvalue weighted by Gasteiger charge is 2.55. The molecule has 1 N–H and O–H groups in total. The zero-order valence-corrected chi connectivity index (χ0v) is 18.4. The molecule has 3 aliphatic rings. The summed E-state index contributed by atoms with van der Waals surface area (Å²) in [6, 6.07) is 0. The van der Waals surface area contributed by atoms with Crippen LogP contribution in [0.2, 0.25) is 0 Å². The zero-order valence-electron chi connectivity index (χ0n) is 17.6. The van der Waals surface area contributed by atoms with Gasteiger partial charge in [0.2, 0.25) is 10.0 Å². The van der Waals surface area contributed by atoms with Crippen molar-refractivity contribution in [3.63, 3.8) is 0 Å². The molecule has 0 radical (unpaired) electrons. The number of nitrogens with one attached hydrogen (secondary N) is 1. The first kappa shape index (κ1) is 23.1. The van der Waals surface area contributed by atoms with Crippen molar-refractivity contribution in [2.45, 2.75) is 39.8 Å². The summed E-state index contributed by atoms with van der Waals surface area (Å²) in [7, 11) is -2.43. The molecular formula is C19H28F3N3O4S. The summed E-state index contributed by atoms with van der Waals surface area (Å²) >= 11 is 0. The van der Waals surface area contributed by atoms with Crippen molar-refractivity contribution in [3.8, 4) is 0 Å².